The van der Waals surface area contributed by atoms with Crippen LogP contribution in [0.15, 0.2) is 24.0 Å². The fourth-order valence-electron chi connectivity index (χ4n) is 1.18. The lowest BCUT2D eigenvalue weighted by Crippen LogP contribution is -2.10. The Bertz CT molecular complexity index is 205. The van der Waals surface area contributed by atoms with Crippen molar-refractivity contribution in [3.05, 3.63) is 24.0 Å². The second kappa shape index (κ2) is 8.54. The maximum atomic E-state index is 5.23. The van der Waals surface area contributed by atoms with Crippen molar-refractivity contribution >= 4 is 0 Å². The van der Waals surface area contributed by atoms with Gasteiger partial charge in [-0.1, -0.05) is 26.0 Å². The molecule has 0 aromatic rings. The molecule has 0 amide bonds. The van der Waals surface area contributed by atoms with Gasteiger partial charge in [-0.2, -0.15) is 0 Å². The molecular weight excluding hydrogens is 188 g/mol. The fraction of sp³-hybridized carbons (Fsp3) is 0.692. The molecule has 0 N–H and O–H groups in total. The molecule has 2 heteroatoms. The van der Waals surface area contributed by atoms with Gasteiger partial charge in [-0.05, 0) is 31.8 Å². The summed E-state index contributed by atoms with van der Waals surface area (Å²) < 4.78 is 10.4. The summed E-state index contributed by atoms with van der Waals surface area (Å²) in [6, 6.07) is 0. The first-order valence-corrected chi connectivity index (χ1v) is 5.53. The van der Waals surface area contributed by atoms with Gasteiger partial charge in [-0.3, -0.25) is 0 Å². The second-order valence-corrected chi connectivity index (χ2v) is 4.03. The van der Waals surface area contributed by atoms with Crippen LogP contribution in [0.4, 0.5) is 0 Å². The molecule has 0 aromatic carbocycles. The number of hydrogen-bond donors (Lipinski definition) is 0. The Morgan fingerprint density at radius 1 is 1.13 bits per heavy atom. The van der Waals surface area contributed by atoms with E-state index in [2.05, 4.69) is 32.1 Å². The first-order chi connectivity index (χ1) is 7.11. The van der Waals surface area contributed by atoms with E-state index in [9.17, 15) is 0 Å². The minimum atomic E-state index is 0.0356. The highest BCUT2D eigenvalue weighted by Crippen LogP contribution is 2.08. The largest absolute Gasteiger partial charge is 0.499 e. The molecule has 0 aliphatic carbocycles. The lowest BCUT2D eigenvalue weighted by atomic mass is 10.1. The first-order valence-electron chi connectivity index (χ1n) is 5.53. The number of rotatable bonds is 7. The Balaban J connectivity index is 3.96. The van der Waals surface area contributed by atoms with E-state index in [1.54, 1.807) is 14.2 Å². The highest BCUT2D eigenvalue weighted by atomic mass is 16.5. The summed E-state index contributed by atoms with van der Waals surface area (Å²) >= 11 is 0. The van der Waals surface area contributed by atoms with Gasteiger partial charge in [0.05, 0.1) is 7.11 Å². The third kappa shape index (κ3) is 7.20. The van der Waals surface area contributed by atoms with E-state index in [4.69, 9.17) is 9.47 Å². The molecule has 0 heterocycles. The summed E-state index contributed by atoms with van der Waals surface area (Å²) in [5.74, 6) is 1.62. The third-order valence-electron chi connectivity index (χ3n) is 2.22. The molecule has 0 fully saturated rings. The van der Waals surface area contributed by atoms with Crippen molar-refractivity contribution in [3.8, 4) is 0 Å². The monoisotopic (exact) mass is 212 g/mol. The minimum absolute atomic E-state index is 0.0356. The van der Waals surface area contributed by atoms with Gasteiger partial charge in [0.1, 0.15) is 11.9 Å². The van der Waals surface area contributed by atoms with Gasteiger partial charge in [0.25, 0.3) is 0 Å². The lowest BCUT2D eigenvalue weighted by Gasteiger charge is -2.12. The number of allylic oxidation sites excluding steroid dienone is 3. The van der Waals surface area contributed by atoms with Gasteiger partial charge >= 0.3 is 0 Å². The number of hydrogen-bond acceptors (Lipinski definition) is 2. The van der Waals surface area contributed by atoms with Crippen molar-refractivity contribution in [1.29, 1.82) is 0 Å². The molecule has 0 saturated carbocycles. The SMILES string of the molecule is CO/C(=C/C/C=C\CC(C)C)C(C)OC. The van der Waals surface area contributed by atoms with Gasteiger partial charge in [-0.25, -0.2) is 0 Å². The highest BCUT2D eigenvalue weighted by Gasteiger charge is 2.05. The van der Waals surface area contributed by atoms with E-state index in [1.807, 2.05) is 6.92 Å². The molecule has 0 aliphatic heterocycles. The van der Waals surface area contributed by atoms with Crippen LogP contribution in [0.25, 0.3) is 0 Å². The van der Waals surface area contributed by atoms with E-state index in [1.165, 1.54) is 0 Å². The van der Waals surface area contributed by atoms with Crippen LogP contribution in [0.3, 0.4) is 0 Å². The normalized spacial score (nSPS) is 14.9. The zero-order chi connectivity index (χ0) is 11.7. The first kappa shape index (κ1) is 14.2. The van der Waals surface area contributed by atoms with Crippen LogP contribution in [0.2, 0.25) is 0 Å². The van der Waals surface area contributed by atoms with Crippen LogP contribution in [0.5, 0.6) is 0 Å². The molecule has 0 rings (SSSR count). The Morgan fingerprint density at radius 2 is 1.80 bits per heavy atom. The van der Waals surface area contributed by atoms with Crippen molar-refractivity contribution in [2.45, 2.75) is 39.7 Å². The minimum Gasteiger partial charge on any atom is -0.499 e. The van der Waals surface area contributed by atoms with Gasteiger partial charge < -0.3 is 9.47 Å². The quantitative estimate of drug-likeness (QED) is 0.474. The molecule has 0 saturated heterocycles. The molecule has 15 heavy (non-hydrogen) atoms. The smallest absolute Gasteiger partial charge is 0.120 e. The summed E-state index contributed by atoms with van der Waals surface area (Å²) in [7, 11) is 3.37. The molecule has 2 nitrogen and oxygen atoms in total. The van der Waals surface area contributed by atoms with Crippen molar-refractivity contribution in [1.82, 2.24) is 0 Å². The van der Waals surface area contributed by atoms with Crippen molar-refractivity contribution in [3.63, 3.8) is 0 Å². The van der Waals surface area contributed by atoms with Crippen LogP contribution in [0.1, 0.15) is 33.6 Å². The van der Waals surface area contributed by atoms with E-state index >= 15 is 0 Å². The van der Waals surface area contributed by atoms with Crippen LogP contribution in [0, 0.1) is 5.92 Å². The molecule has 1 atom stereocenters. The summed E-state index contributed by atoms with van der Waals surface area (Å²) in [6.45, 7) is 6.41. The van der Waals surface area contributed by atoms with Crippen molar-refractivity contribution in [2.75, 3.05) is 14.2 Å². The lowest BCUT2D eigenvalue weighted by molar-refractivity contribution is 0.0911. The highest BCUT2D eigenvalue weighted by molar-refractivity contribution is 5.02. The van der Waals surface area contributed by atoms with Gasteiger partial charge in [-0.15, -0.1) is 0 Å². The molecule has 1 unspecified atom stereocenters. The average molecular weight is 212 g/mol. The molecule has 0 bridgehead atoms. The summed E-state index contributed by atoms with van der Waals surface area (Å²) in [5.41, 5.74) is 0. The van der Waals surface area contributed by atoms with Gasteiger partial charge in [0, 0.05) is 7.11 Å². The standard InChI is InChI=1S/C13H24O2/c1-11(2)9-7-6-8-10-13(15-5)12(3)14-4/h6-7,10-12H,8-9H2,1-5H3/b7-6-,13-10+. The average Bonchev–Trinajstić information content (AvgIpc) is 2.22. The topological polar surface area (TPSA) is 18.5 Å². The van der Waals surface area contributed by atoms with Crippen molar-refractivity contribution in [2.24, 2.45) is 5.92 Å². The third-order valence-corrected chi connectivity index (χ3v) is 2.22. The zero-order valence-corrected chi connectivity index (χ0v) is 10.6. The van der Waals surface area contributed by atoms with E-state index in [0.717, 1.165) is 24.5 Å². The van der Waals surface area contributed by atoms with Crippen LogP contribution in [-0.4, -0.2) is 20.3 Å². The van der Waals surface area contributed by atoms with E-state index < -0.39 is 0 Å². The zero-order valence-electron chi connectivity index (χ0n) is 10.6. The maximum Gasteiger partial charge on any atom is 0.120 e. The molecule has 88 valence electrons. The molecule has 0 aromatic heterocycles. The molecule has 0 radical (unpaired) electrons. The molecule has 0 aliphatic rings. The number of methoxy groups -OCH3 is 2. The Kier molecular flexibility index (Phi) is 8.11. The van der Waals surface area contributed by atoms with Crippen LogP contribution >= 0.6 is 0 Å². The Morgan fingerprint density at radius 3 is 2.27 bits per heavy atom. The molecule has 0 spiro atoms. The van der Waals surface area contributed by atoms with Crippen LogP contribution < -0.4 is 0 Å². The van der Waals surface area contributed by atoms with Crippen molar-refractivity contribution < 1.29 is 9.47 Å². The van der Waals surface area contributed by atoms with Crippen LogP contribution in [-0.2, 0) is 9.47 Å². The predicted octanol–water partition coefficient (Wildman–Crippen LogP) is 3.54. The molecular formula is C13H24O2. The summed E-state index contributed by atoms with van der Waals surface area (Å²) in [4.78, 5) is 0. The predicted molar refractivity (Wildman–Crippen MR) is 64.8 cm³/mol. The van der Waals surface area contributed by atoms with Gasteiger partial charge in [0.2, 0.25) is 0 Å². The Hall–Kier alpha value is -0.760. The van der Waals surface area contributed by atoms with E-state index in [0.29, 0.717) is 0 Å². The van der Waals surface area contributed by atoms with Gasteiger partial charge in [0.15, 0.2) is 0 Å². The second-order valence-electron chi connectivity index (χ2n) is 4.03. The van der Waals surface area contributed by atoms with E-state index in [-0.39, 0.29) is 6.10 Å². The summed E-state index contributed by atoms with van der Waals surface area (Å²) in [5, 5.41) is 0. The maximum absolute atomic E-state index is 5.23. The number of ether oxygens (including phenoxy) is 2. The fourth-order valence-corrected chi connectivity index (χ4v) is 1.18. The summed E-state index contributed by atoms with van der Waals surface area (Å²) in [6.07, 6.45) is 8.52. The Labute approximate surface area is 94.0 Å².